The predicted octanol–water partition coefficient (Wildman–Crippen LogP) is 1.22. The Kier molecular flexibility index (Phi) is 3.37. The molecule has 70 valence electrons. The van der Waals surface area contributed by atoms with Crippen molar-refractivity contribution in [2.75, 3.05) is 0 Å². The maximum atomic E-state index is 12.5. The normalized spacial score (nSPS) is 15.8. The van der Waals surface area contributed by atoms with Crippen molar-refractivity contribution in [3.63, 3.8) is 0 Å². The Hall–Kier alpha value is -1.45. The van der Waals surface area contributed by atoms with Gasteiger partial charge in [0.1, 0.15) is 12.1 Å². The van der Waals surface area contributed by atoms with Gasteiger partial charge in [0.25, 0.3) is 0 Å². The van der Waals surface area contributed by atoms with E-state index in [0.717, 1.165) is 0 Å². The minimum atomic E-state index is -0.350. The lowest BCUT2D eigenvalue weighted by Gasteiger charge is -2.10. The van der Waals surface area contributed by atoms with Gasteiger partial charge in [0.15, 0.2) is 0 Å². The largest absolute Gasteiger partial charge is 0.329 e. The molecule has 0 spiro atoms. The zero-order valence-corrected chi connectivity index (χ0v) is 7.05. The number of aldehydes is 1. The van der Waals surface area contributed by atoms with Gasteiger partial charge in [0.2, 0.25) is 5.91 Å². The summed E-state index contributed by atoms with van der Waals surface area (Å²) in [6, 6.07) is 0. The van der Waals surface area contributed by atoms with Crippen molar-refractivity contribution in [1.82, 2.24) is 5.32 Å². The first-order chi connectivity index (χ1) is 6.22. The third-order valence-corrected chi connectivity index (χ3v) is 1.67. The lowest BCUT2D eigenvalue weighted by molar-refractivity contribution is -0.123. The van der Waals surface area contributed by atoms with E-state index >= 15 is 0 Å². The molecule has 13 heavy (non-hydrogen) atoms. The van der Waals surface area contributed by atoms with Crippen molar-refractivity contribution in [2.45, 2.75) is 19.3 Å². The van der Waals surface area contributed by atoms with Gasteiger partial charge in [-0.2, -0.15) is 0 Å². The first-order valence-electron chi connectivity index (χ1n) is 4.01. The molecule has 0 atom stereocenters. The van der Waals surface area contributed by atoms with Crippen LogP contribution in [0.5, 0.6) is 0 Å². The summed E-state index contributed by atoms with van der Waals surface area (Å²) in [5.74, 6) is -0.537. The Morgan fingerprint density at radius 3 is 2.85 bits per heavy atom. The fraction of sp³-hybridized carbons (Fsp3) is 0.333. The summed E-state index contributed by atoms with van der Waals surface area (Å²) >= 11 is 0. The minimum absolute atomic E-state index is 0.149. The van der Waals surface area contributed by atoms with Gasteiger partial charge in [0, 0.05) is 12.1 Å². The number of nitrogens with one attached hydrogen (secondary N) is 1. The summed E-state index contributed by atoms with van der Waals surface area (Å²) in [4.78, 5) is 20.9. The van der Waals surface area contributed by atoms with Gasteiger partial charge in [0.05, 0.1) is 6.42 Å². The SMILES string of the molecule is O=CCC(=O)NC1=CC=C(F)CC1. The fourth-order valence-corrected chi connectivity index (χ4v) is 1.02. The molecular formula is C9H10FNO2. The van der Waals surface area contributed by atoms with Crippen LogP contribution in [-0.2, 0) is 9.59 Å². The van der Waals surface area contributed by atoms with Gasteiger partial charge in [-0.1, -0.05) is 0 Å². The summed E-state index contributed by atoms with van der Waals surface area (Å²) in [7, 11) is 0. The molecule has 3 nitrogen and oxygen atoms in total. The molecule has 1 rings (SSSR count). The zero-order valence-electron chi connectivity index (χ0n) is 7.05. The molecule has 0 aliphatic heterocycles. The first kappa shape index (κ1) is 9.64. The Balaban J connectivity index is 2.46. The molecular weight excluding hydrogens is 173 g/mol. The number of amides is 1. The maximum Gasteiger partial charge on any atom is 0.231 e. The Morgan fingerprint density at radius 2 is 2.31 bits per heavy atom. The van der Waals surface area contributed by atoms with Crippen LogP contribution < -0.4 is 5.32 Å². The second-order valence-corrected chi connectivity index (χ2v) is 2.72. The van der Waals surface area contributed by atoms with Crippen LogP contribution in [-0.4, -0.2) is 12.2 Å². The van der Waals surface area contributed by atoms with Crippen LogP contribution in [0.25, 0.3) is 0 Å². The number of carbonyl (C=O) groups is 2. The third-order valence-electron chi connectivity index (χ3n) is 1.67. The van der Waals surface area contributed by atoms with Crippen molar-refractivity contribution in [2.24, 2.45) is 0 Å². The second-order valence-electron chi connectivity index (χ2n) is 2.72. The van der Waals surface area contributed by atoms with Crippen molar-refractivity contribution in [3.05, 3.63) is 23.7 Å². The summed E-state index contributed by atoms with van der Waals surface area (Å²) in [5, 5.41) is 2.52. The highest BCUT2D eigenvalue weighted by Gasteiger charge is 2.08. The standard InChI is InChI=1S/C9H10FNO2/c10-7-1-3-8(4-2-7)11-9(13)5-6-12/h1,3,6H,2,4-5H2,(H,11,13). The molecule has 0 heterocycles. The summed E-state index contributed by atoms with van der Waals surface area (Å²) in [5.41, 5.74) is 0.660. The van der Waals surface area contributed by atoms with Crippen LogP contribution in [0.3, 0.4) is 0 Å². The molecule has 0 aromatic heterocycles. The van der Waals surface area contributed by atoms with Crippen LogP contribution >= 0.6 is 0 Å². The molecule has 0 aromatic carbocycles. The van der Waals surface area contributed by atoms with E-state index in [-0.39, 0.29) is 18.2 Å². The topological polar surface area (TPSA) is 46.2 Å². The molecule has 0 fully saturated rings. The van der Waals surface area contributed by atoms with Crippen molar-refractivity contribution in [3.8, 4) is 0 Å². The van der Waals surface area contributed by atoms with Gasteiger partial charge in [-0.25, -0.2) is 4.39 Å². The zero-order chi connectivity index (χ0) is 9.68. The number of rotatable bonds is 3. The summed E-state index contributed by atoms with van der Waals surface area (Å²) in [6.07, 6.45) is 4.01. The molecule has 0 aromatic rings. The van der Waals surface area contributed by atoms with E-state index in [2.05, 4.69) is 5.32 Å². The first-order valence-corrected chi connectivity index (χ1v) is 4.01. The van der Waals surface area contributed by atoms with Crippen molar-refractivity contribution < 1.29 is 14.0 Å². The van der Waals surface area contributed by atoms with Gasteiger partial charge in [-0.05, 0) is 18.6 Å². The molecule has 1 amide bonds. The summed E-state index contributed by atoms with van der Waals surface area (Å²) in [6.45, 7) is 0. The highest BCUT2D eigenvalue weighted by molar-refractivity contribution is 5.89. The second kappa shape index (κ2) is 4.54. The molecule has 4 heteroatoms. The highest BCUT2D eigenvalue weighted by Crippen LogP contribution is 2.16. The lowest BCUT2D eigenvalue weighted by atomic mass is 10.1. The quantitative estimate of drug-likeness (QED) is 0.528. The van der Waals surface area contributed by atoms with Crippen molar-refractivity contribution in [1.29, 1.82) is 0 Å². The van der Waals surface area contributed by atoms with Crippen molar-refractivity contribution >= 4 is 12.2 Å². The molecule has 0 bridgehead atoms. The third kappa shape index (κ3) is 3.19. The van der Waals surface area contributed by atoms with Crippen LogP contribution in [0, 0.1) is 0 Å². The molecule has 0 saturated carbocycles. The van der Waals surface area contributed by atoms with Gasteiger partial charge in [-0.3, -0.25) is 4.79 Å². The van der Waals surface area contributed by atoms with Crippen LogP contribution in [0.4, 0.5) is 4.39 Å². The van der Waals surface area contributed by atoms with E-state index in [9.17, 15) is 14.0 Å². The monoisotopic (exact) mass is 183 g/mol. The van der Waals surface area contributed by atoms with E-state index in [4.69, 9.17) is 0 Å². The van der Waals surface area contributed by atoms with E-state index in [1.165, 1.54) is 12.2 Å². The van der Waals surface area contributed by atoms with Gasteiger partial charge in [-0.15, -0.1) is 0 Å². The van der Waals surface area contributed by atoms with Gasteiger partial charge < -0.3 is 10.1 Å². The highest BCUT2D eigenvalue weighted by atomic mass is 19.1. The average molecular weight is 183 g/mol. The van der Waals surface area contributed by atoms with Crippen LogP contribution in [0.1, 0.15) is 19.3 Å². The molecule has 0 radical (unpaired) electrons. The van der Waals surface area contributed by atoms with E-state index < -0.39 is 0 Å². The van der Waals surface area contributed by atoms with E-state index in [1.54, 1.807) is 0 Å². The maximum absolute atomic E-state index is 12.5. The van der Waals surface area contributed by atoms with Crippen LogP contribution in [0.15, 0.2) is 23.7 Å². The smallest absolute Gasteiger partial charge is 0.231 e. The number of hydrogen-bond donors (Lipinski definition) is 1. The molecule has 0 unspecified atom stereocenters. The number of allylic oxidation sites excluding steroid dienone is 4. The number of carbonyl (C=O) groups excluding carboxylic acids is 2. The Labute approximate surface area is 75.3 Å². The molecule has 1 N–H and O–H groups in total. The van der Waals surface area contributed by atoms with Gasteiger partial charge >= 0.3 is 0 Å². The van der Waals surface area contributed by atoms with E-state index in [0.29, 0.717) is 24.8 Å². The van der Waals surface area contributed by atoms with E-state index in [1.807, 2.05) is 0 Å². The molecule has 1 aliphatic carbocycles. The predicted molar refractivity (Wildman–Crippen MR) is 45.3 cm³/mol. The summed E-state index contributed by atoms with van der Waals surface area (Å²) < 4.78 is 12.5. The minimum Gasteiger partial charge on any atom is -0.329 e. The Morgan fingerprint density at radius 1 is 1.54 bits per heavy atom. The molecule has 0 saturated heterocycles. The lowest BCUT2D eigenvalue weighted by Crippen LogP contribution is -2.23. The fourth-order valence-electron chi connectivity index (χ4n) is 1.02. The number of halogens is 1. The van der Waals surface area contributed by atoms with Crippen LogP contribution in [0.2, 0.25) is 0 Å². The molecule has 1 aliphatic rings. The number of hydrogen-bond acceptors (Lipinski definition) is 2. The average Bonchev–Trinajstić information content (AvgIpc) is 2.09. The Bertz CT molecular complexity index is 281.